The third-order valence-corrected chi connectivity index (χ3v) is 5.63. The number of halogens is 2. The highest BCUT2D eigenvalue weighted by atomic mass is 32.2. The van der Waals surface area contributed by atoms with Crippen molar-refractivity contribution in [3.05, 3.63) is 83.9 Å². The molecular formula is C22H20F2N6OS. The summed E-state index contributed by atoms with van der Waals surface area (Å²) in [7, 11) is 0. The Morgan fingerprint density at radius 1 is 0.969 bits per heavy atom. The van der Waals surface area contributed by atoms with Crippen LogP contribution in [0.5, 0.6) is 0 Å². The van der Waals surface area contributed by atoms with E-state index in [1.54, 1.807) is 43.6 Å². The highest BCUT2D eigenvalue weighted by molar-refractivity contribution is 8.01. The highest BCUT2D eigenvalue weighted by Gasteiger charge is 2.24. The summed E-state index contributed by atoms with van der Waals surface area (Å²) in [6.07, 6.45) is 2.28. The van der Waals surface area contributed by atoms with Gasteiger partial charge in [0.05, 0.1) is 5.25 Å². The Labute approximate surface area is 187 Å². The number of hydrogen-bond acceptors (Lipinski definition) is 7. The molecule has 0 fully saturated rings. The molecule has 2 atom stereocenters. The lowest BCUT2D eigenvalue weighted by Crippen LogP contribution is -2.17. The lowest BCUT2D eigenvalue weighted by atomic mass is 10.2. The first kappa shape index (κ1) is 21.8. The molecule has 2 unspecified atom stereocenters. The predicted octanol–water partition coefficient (Wildman–Crippen LogP) is 4.49. The molecule has 0 saturated carbocycles. The van der Waals surface area contributed by atoms with E-state index in [0.29, 0.717) is 5.56 Å². The fourth-order valence-corrected chi connectivity index (χ4v) is 3.69. The molecule has 32 heavy (non-hydrogen) atoms. The molecule has 4 aromatic rings. The van der Waals surface area contributed by atoms with Gasteiger partial charge in [-0.15, -0.1) is 10.2 Å². The van der Waals surface area contributed by atoms with E-state index in [2.05, 4.69) is 24.9 Å². The molecule has 2 N–H and O–H groups in total. The van der Waals surface area contributed by atoms with Crippen LogP contribution in [0.2, 0.25) is 0 Å². The molecule has 2 aromatic heterocycles. The molecule has 0 aliphatic heterocycles. The summed E-state index contributed by atoms with van der Waals surface area (Å²) < 4.78 is 33.6. The minimum atomic E-state index is -0.969. The Morgan fingerprint density at radius 2 is 1.62 bits per heavy atom. The summed E-state index contributed by atoms with van der Waals surface area (Å²) in [4.78, 5) is 8.30. The number of aryl methyl sites for hydroxylation is 1. The van der Waals surface area contributed by atoms with Gasteiger partial charge in [0, 0.05) is 18.0 Å². The number of hydrogen-bond donors (Lipinski definition) is 2. The molecule has 0 spiro atoms. The van der Waals surface area contributed by atoms with E-state index in [1.807, 2.05) is 13.0 Å². The van der Waals surface area contributed by atoms with Crippen molar-refractivity contribution in [3.63, 3.8) is 0 Å². The van der Waals surface area contributed by atoms with Crippen molar-refractivity contribution in [2.45, 2.75) is 25.2 Å². The minimum Gasteiger partial charge on any atom is -0.384 e. The van der Waals surface area contributed by atoms with Gasteiger partial charge < -0.3 is 5.11 Å². The van der Waals surface area contributed by atoms with Crippen LogP contribution in [0, 0.1) is 18.6 Å². The summed E-state index contributed by atoms with van der Waals surface area (Å²) in [5.41, 5.74) is 1.23. The lowest BCUT2D eigenvalue weighted by molar-refractivity contribution is 0.169. The van der Waals surface area contributed by atoms with E-state index in [1.165, 1.54) is 22.8 Å². The molecule has 0 radical (unpaired) electrons. The van der Waals surface area contributed by atoms with Crippen molar-refractivity contribution < 1.29 is 13.9 Å². The van der Waals surface area contributed by atoms with Crippen LogP contribution in [-0.4, -0.2) is 35.1 Å². The maximum Gasteiger partial charge on any atom is 0.239 e. The smallest absolute Gasteiger partial charge is 0.239 e. The third-order valence-electron chi connectivity index (χ3n) is 4.70. The molecule has 2 aromatic carbocycles. The van der Waals surface area contributed by atoms with E-state index in [-0.39, 0.29) is 23.3 Å². The van der Waals surface area contributed by atoms with E-state index >= 15 is 0 Å². The second-order valence-electron chi connectivity index (χ2n) is 7.11. The molecule has 0 saturated heterocycles. The van der Waals surface area contributed by atoms with Crippen molar-refractivity contribution in [1.29, 1.82) is 0 Å². The normalized spacial score (nSPS) is 13.0. The number of anilines is 1. The van der Waals surface area contributed by atoms with Crippen molar-refractivity contribution in [2.75, 3.05) is 4.72 Å². The summed E-state index contributed by atoms with van der Waals surface area (Å²) in [5, 5.41) is 18.4. The number of para-hydroxylation sites is 1. The van der Waals surface area contributed by atoms with Crippen molar-refractivity contribution in [3.8, 4) is 17.1 Å². The lowest BCUT2D eigenvalue weighted by Gasteiger charge is -2.18. The Bertz CT molecular complexity index is 1180. The SMILES string of the molecule is Cc1cnc(C(O)C(C)SNc2nnc(-c3ccccc3)n2-c2c(F)cccc2F)nc1. The number of aliphatic hydroxyl groups is 1. The topological polar surface area (TPSA) is 88.8 Å². The van der Waals surface area contributed by atoms with Crippen LogP contribution < -0.4 is 4.72 Å². The molecule has 2 heterocycles. The zero-order chi connectivity index (χ0) is 22.7. The summed E-state index contributed by atoms with van der Waals surface area (Å²) in [5.74, 6) is -0.842. The van der Waals surface area contributed by atoms with Gasteiger partial charge in [-0.05, 0) is 43.5 Å². The Balaban J connectivity index is 1.66. The number of benzene rings is 2. The van der Waals surface area contributed by atoms with Crippen LogP contribution in [0.4, 0.5) is 14.7 Å². The third kappa shape index (κ3) is 4.46. The standard InChI is InChI=1S/C22H20F2N6OS/c1-13-11-25-20(26-12-13)19(31)14(2)32-29-22-28-27-21(15-7-4-3-5-8-15)30(22)18-16(23)9-6-10-17(18)24/h3-12,14,19,31H,1-2H3,(H,28,29). The van der Waals surface area contributed by atoms with Crippen LogP contribution in [0.25, 0.3) is 17.1 Å². The maximum atomic E-state index is 14.7. The van der Waals surface area contributed by atoms with Gasteiger partial charge in [-0.25, -0.2) is 18.7 Å². The molecule has 10 heteroatoms. The first-order chi connectivity index (χ1) is 15.5. The molecule has 7 nitrogen and oxygen atoms in total. The first-order valence-electron chi connectivity index (χ1n) is 9.79. The monoisotopic (exact) mass is 454 g/mol. The quantitative estimate of drug-likeness (QED) is 0.398. The summed E-state index contributed by atoms with van der Waals surface area (Å²) in [6.45, 7) is 3.63. The van der Waals surface area contributed by atoms with Gasteiger partial charge in [0.1, 0.15) is 23.4 Å². The molecule has 4 rings (SSSR count). The Morgan fingerprint density at radius 3 is 2.28 bits per heavy atom. The zero-order valence-corrected chi connectivity index (χ0v) is 18.1. The highest BCUT2D eigenvalue weighted by Crippen LogP contribution is 2.31. The number of rotatable bonds is 7. The van der Waals surface area contributed by atoms with Crippen molar-refractivity contribution in [1.82, 2.24) is 24.7 Å². The van der Waals surface area contributed by atoms with Crippen LogP contribution in [0.3, 0.4) is 0 Å². The fourth-order valence-electron chi connectivity index (χ4n) is 3.01. The number of aromatic nitrogens is 5. The van der Waals surface area contributed by atoms with E-state index in [4.69, 9.17) is 0 Å². The van der Waals surface area contributed by atoms with Crippen LogP contribution in [0.15, 0.2) is 60.9 Å². The average Bonchev–Trinajstić information content (AvgIpc) is 3.21. The Kier molecular flexibility index (Phi) is 6.42. The number of nitrogens with one attached hydrogen (secondary N) is 1. The number of nitrogens with zero attached hydrogens (tertiary/aromatic N) is 5. The molecule has 0 aliphatic carbocycles. The van der Waals surface area contributed by atoms with Gasteiger partial charge in [0.2, 0.25) is 5.95 Å². The zero-order valence-electron chi connectivity index (χ0n) is 17.3. The van der Waals surface area contributed by atoms with Crippen LogP contribution in [-0.2, 0) is 0 Å². The second-order valence-corrected chi connectivity index (χ2v) is 8.29. The van der Waals surface area contributed by atoms with Gasteiger partial charge in [-0.2, -0.15) is 0 Å². The van der Waals surface area contributed by atoms with Gasteiger partial charge >= 0.3 is 0 Å². The fraction of sp³-hybridized carbons (Fsp3) is 0.182. The maximum absolute atomic E-state index is 14.7. The number of aliphatic hydroxyl groups excluding tert-OH is 1. The van der Waals surface area contributed by atoms with E-state index < -0.39 is 23.0 Å². The van der Waals surface area contributed by atoms with Gasteiger partial charge in [-0.1, -0.05) is 36.4 Å². The van der Waals surface area contributed by atoms with Crippen LogP contribution >= 0.6 is 11.9 Å². The average molecular weight is 455 g/mol. The predicted molar refractivity (Wildman–Crippen MR) is 119 cm³/mol. The van der Waals surface area contributed by atoms with Gasteiger partial charge in [0.15, 0.2) is 11.6 Å². The molecular weight excluding hydrogens is 434 g/mol. The largest absolute Gasteiger partial charge is 0.384 e. The molecule has 0 amide bonds. The van der Waals surface area contributed by atoms with Gasteiger partial charge in [-0.3, -0.25) is 9.29 Å². The summed E-state index contributed by atoms with van der Waals surface area (Å²) >= 11 is 1.12. The Hall–Kier alpha value is -3.37. The van der Waals surface area contributed by atoms with Crippen molar-refractivity contribution >= 4 is 17.9 Å². The van der Waals surface area contributed by atoms with Crippen LogP contribution in [0.1, 0.15) is 24.4 Å². The van der Waals surface area contributed by atoms with Crippen molar-refractivity contribution in [2.24, 2.45) is 0 Å². The second kappa shape index (κ2) is 9.41. The molecule has 164 valence electrons. The van der Waals surface area contributed by atoms with E-state index in [9.17, 15) is 13.9 Å². The minimum absolute atomic E-state index is 0.113. The van der Waals surface area contributed by atoms with Gasteiger partial charge in [0.25, 0.3) is 0 Å². The molecule has 0 bridgehead atoms. The first-order valence-corrected chi connectivity index (χ1v) is 10.7. The molecule has 0 aliphatic rings. The summed E-state index contributed by atoms with van der Waals surface area (Å²) in [6, 6.07) is 12.6. The van der Waals surface area contributed by atoms with E-state index in [0.717, 1.165) is 17.5 Å².